The van der Waals surface area contributed by atoms with Gasteiger partial charge in [-0.05, 0) is 19.1 Å². The van der Waals surface area contributed by atoms with Crippen LogP contribution in [-0.4, -0.2) is 57.3 Å². The van der Waals surface area contributed by atoms with Gasteiger partial charge in [0, 0.05) is 29.6 Å². The Morgan fingerprint density at radius 2 is 1.83 bits per heavy atom. The minimum absolute atomic E-state index is 0.0711. The van der Waals surface area contributed by atoms with Crippen molar-refractivity contribution in [1.82, 2.24) is 15.8 Å². The number of hydrogen-bond acceptors (Lipinski definition) is 8. The lowest BCUT2D eigenvalue weighted by molar-refractivity contribution is -0.121. The summed E-state index contributed by atoms with van der Waals surface area (Å²) in [6.07, 6.45) is 0.0711. The molecule has 0 bridgehead atoms. The fraction of sp³-hybridized carbons (Fsp3) is 0.421. The first-order valence-electron chi connectivity index (χ1n) is 9.10. The van der Waals surface area contributed by atoms with Crippen LogP contribution in [0.2, 0.25) is 0 Å². The molecule has 0 atom stereocenters. The molecule has 0 unspecified atom stereocenters. The van der Waals surface area contributed by atoms with Crippen LogP contribution in [0.15, 0.2) is 17.5 Å². The van der Waals surface area contributed by atoms with Crippen LogP contribution in [0.1, 0.15) is 21.6 Å². The van der Waals surface area contributed by atoms with Gasteiger partial charge in [-0.2, -0.15) is 0 Å². The number of ether oxygens (including phenoxy) is 3. The molecule has 0 spiro atoms. The molecule has 2 amide bonds. The molecule has 3 rings (SSSR count). The van der Waals surface area contributed by atoms with Crippen LogP contribution >= 0.6 is 11.3 Å². The summed E-state index contributed by atoms with van der Waals surface area (Å²) in [4.78, 5) is 31.2. The molecule has 29 heavy (non-hydrogen) atoms. The van der Waals surface area contributed by atoms with Gasteiger partial charge in [0.2, 0.25) is 5.91 Å². The number of morpholine rings is 1. The number of carbonyl (C=O) groups is 2. The smallest absolute Gasteiger partial charge is 0.269 e. The van der Waals surface area contributed by atoms with Crippen LogP contribution in [0.4, 0.5) is 5.13 Å². The molecule has 1 aliphatic rings. The van der Waals surface area contributed by atoms with E-state index in [9.17, 15) is 9.59 Å². The van der Waals surface area contributed by atoms with E-state index in [0.717, 1.165) is 23.8 Å². The highest BCUT2D eigenvalue weighted by Gasteiger charge is 2.17. The van der Waals surface area contributed by atoms with E-state index in [0.29, 0.717) is 36.0 Å². The minimum Gasteiger partial charge on any atom is -0.496 e. The summed E-state index contributed by atoms with van der Waals surface area (Å²) in [5.74, 6) is 0.225. The van der Waals surface area contributed by atoms with Gasteiger partial charge in [0.15, 0.2) is 5.13 Å². The largest absolute Gasteiger partial charge is 0.496 e. The number of methoxy groups -OCH3 is 2. The van der Waals surface area contributed by atoms with Gasteiger partial charge in [0.05, 0.1) is 39.5 Å². The highest BCUT2D eigenvalue weighted by atomic mass is 32.1. The number of benzene rings is 1. The second-order valence-electron chi connectivity index (χ2n) is 6.41. The van der Waals surface area contributed by atoms with E-state index in [1.165, 1.54) is 25.6 Å². The highest BCUT2D eigenvalue weighted by molar-refractivity contribution is 7.13. The molecule has 156 valence electrons. The van der Waals surface area contributed by atoms with Crippen molar-refractivity contribution in [3.63, 3.8) is 0 Å². The lowest BCUT2D eigenvalue weighted by Crippen LogP contribution is -2.42. The Morgan fingerprint density at radius 3 is 2.45 bits per heavy atom. The number of hydrogen-bond donors (Lipinski definition) is 2. The third kappa shape index (κ3) is 5.15. The van der Waals surface area contributed by atoms with E-state index in [4.69, 9.17) is 14.2 Å². The molecular formula is C19H24N4O5S. The Labute approximate surface area is 172 Å². The number of carbonyl (C=O) groups excluding carboxylic acids is 2. The summed E-state index contributed by atoms with van der Waals surface area (Å²) in [6.45, 7) is 4.77. The highest BCUT2D eigenvalue weighted by Crippen LogP contribution is 2.29. The van der Waals surface area contributed by atoms with Crippen LogP contribution < -0.4 is 25.2 Å². The maximum atomic E-state index is 12.4. The number of nitrogens with zero attached hydrogens (tertiary/aromatic N) is 2. The summed E-state index contributed by atoms with van der Waals surface area (Å²) in [7, 11) is 3.04. The molecule has 1 aromatic carbocycles. The Bertz CT molecular complexity index is 854. The SMILES string of the molecule is COc1cc(C(=O)NNC(=O)Cc2csc(N3CCOCC3)n2)cc(OC)c1C. The predicted octanol–water partition coefficient (Wildman–Crippen LogP) is 1.31. The molecule has 0 saturated carbocycles. The average molecular weight is 420 g/mol. The number of rotatable bonds is 6. The van der Waals surface area contributed by atoms with Gasteiger partial charge in [-0.1, -0.05) is 0 Å². The number of aromatic nitrogens is 1. The maximum absolute atomic E-state index is 12.4. The van der Waals surface area contributed by atoms with Crippen molar-refractivity contribution in [3.05, 3.63) is 34.3 Å². The van der Waals surface area contributed by atoms with E-state index in [-0.39, 0.29) is 12.3 Å². The molecule has 1 aromatic heterocycles. The average Bonchev–Trinajstić information content (AvgIpc) is 3.21. The first-order chi connectivity index (χ1) is 14.0. The Kier molecular flexibility index (Phi) is 6.89. The van der Waals surface area contributed by atoms with Gasteiger partial charge in [0.1, 0.15) is 11.5 Å². The van der Waals surface area contributed by atoms with Gasteiger partial charge in [0.25, 0.3) is 5.91 Å². The van der Waals surface area contributed by atoms with Crippen LogP contribution in [0.5, 0.6) is 11.5 Å². The third-order valence-electron chi connectivity index (χ3n) is 4.49. The van der Waals surface area contributed by atoms with Crippen molar-refractivity contribution < 1.29 is 23.8 Å². The van der Waals surface area contributed by atoms with Crippen molar-refractivity contribution in [3.8, 4) is 11.5 Å². The van der Waals surface area contributed by atoms with Crippen molar-refractivity contribution in [1.29, 1.82) is 0 Å². The van der Waals surface area contributed by atoms with Crippen molar-refractivity contribution >= 4 is 28.3 Å². The van der Waals surface area contributed by atoms with E-state index in [1.807, 2.05) is 12.3 Å². The Hall–Kier alpha value is -2.85. The van der Waals surface area contributed by atoms with Gasteiger partial charge in [-0.15, -0.1) is 11.3 Å². The van der Waals surface area contributed by atoms with Gasteiger partial charge in [-0.3, -0.25) is 20.4 Å². The number of amides is 2. The fourth-order valence-corrected chi connectivity index (χ4v) is 3.78. The summed E-state index contributed by atoms with van der Waals surface area (Å²) >= 11 is 1.49. The zero-order chi connectivity index (χ0) is 20.8. The predicted molar refractivity (Wildman–Crippen MR) is 109 cm³/mol. The molecule has 9 nitrogen and oxygen atoms in total. The molecule has 0 aliphatic carbocycles. The lowest BCUT2D eigenvalue weighted by atomic mass is 10.1. The standard InChI is InChI=1S/C19H24N4O5S/c1-12-15(26-2)8-13(9-16(12)27-3)18(25)22-21-17(24)10-14-11-29-19(20-14)23-4-6-28-7-5-23/h8-9,11H,4-7,10H2,1-3H3,(H,21,24)(H,22,25). The summed E-state index contributed by atoms with van der Waals surface area (Å²) in [6, 6.07) is 3.18. The van der Waals surface area contributed by atoms with Gasteiger partial charge >= 0.3 is 0 Å². The van der Waals surface area contributed by atoms with Crippen LogP contribution in [0.3, 0.4) is 0 Å². The van der Waals surface area contributed by atoms with Crippen LogP contribution in [0, 0.1) is 6.92 Å². The minimum atomic E-state index is -0.470. The van der Waals surface area contributed by atoms with Crippen LogP contribution in [-0.2, 0) is 16.0 Å². The fourth-order valence-electron chi connectivity index (χ4n) is 2.90. The Balaban J connectivity index is 1.55. The lowest BCUT2D eigenvalue weighted by Gasteiger charge is -2.26. The van der Waals surface area contributed by atoms with E-state index >= 15 is 0 Å². The monoisotopic (exact) mass is 420 g/mol. The first kappa shape index (κ1) is 20.9. The van der Waals surface area contributed by atoms with E-state index in [2.05, 4.69) is 20.7 Å². The molecule has 2 N–H and O–H groups in total. The summed E-state index contributed by atoms with van der Waals surface area (Å²) < 4.78 is 15.9. The molecule has 2 aromatic rings. The zero-order valence-electron chi connectivity index (χ0n) is 16.6. The van der Waals surface area contributed by atoms with E-state index in [1.54, 1.807) is 12.1 Å². The number of hydrazine groups is 1. The summed E-state index contributed by atoms with van der Waals surface area (Å²) in [5, 5.41) is 2.72. The molecule has 0 radical (unpaired) electrons. The quantitative estimate of drug-likeness (QED) is 0.680. The molecule has 1 saturated heterocycles. The molecular weight excluding hydrogens is 396 g/mol. The first-order valence-corrected chi connectivity index (χ1v) is 9.98. The molecule has 2 heterocycles. The van der Waals surface area contributed by atoms with Gasteiger partial charge in [-0.25, -0.2) is 4.98 Å². The molecule has 10 heteroatoms. The number of anilines is 1. The zero-order valence-corrected chi connectivity index (χ0v) is 17.4. The van der Waals surface area contributed by atoms with Crippen molar-refractivity contribution in [2.24, 2.45) is 0 Å². The Morgan fingerprint density at radius 1 is 1.17 bits per heavy atom. The molecule has 1 aliphatic heterocycles. The number of thiazole rings is 1. The maximum Gasteiger partial charge on any atom is 0.269 e. The topological polar surface area (TPSA) is 102 Å². The third-order valence-corrected chi connectivity index (χ3v) is 5.44. The second-order valence-corrected chi connectivity index (χ2v) is 7.24. The second kappa shape index (κ2) is 9.57. The van der Waals surface area contributed by atoms with Crippen molar-refractivity contribution in [2.45, 2.75) is 13.3 Å². The van der Waals surface area contributed by atoms with Crippen molar-refractivity contribution in [2.75, 3.05) is 45.4 Å². The van der Waals surface area contributed by atoms with Gasteiger partial charge < -0.3 is 19.1 Å². The number of nitrogens with one attached hydrogen (secondary N) is 2. The van der Waals surface area contributed by atoms with Crippen LogP contribution in [0.25, 0.3) is 0 Å². The molecule has 1 fully saturated rings. The normalized spacial score (nSPS) is 13.7. The van der Waals surface area contributed by atoms with E-state index < -0.39 is 5.91 Å². The summed E-state index contributed by atoms with van der Waals surface area (Å²) in [5.41, 5.74) is 6.58.